The minimum absolute atomic E-state index is 0. The van der Waals surface area contributed by atoms with E-state index in [-0.39, 0.29) is 24.8 Å². The van der Waals surface area contributed by atoms with Crippen molar-refractivity contribution in [2.24, 2.45) is 0 Å². The van der Waals surface area contributed by atoms with Gasteiger partial charge in [0.15, 0.2) is 11.5 Å². The van der Waals surface area contributed by atoms with Crippen molar-refractivity contribution in [3.05, 3.63) is 52.3 Å². The number of ether oxygens (including phenoxy) is 2. The summed E-state index contributed by atoms with van der Waals surface area (Å²) in [5.41, 5.74) is 2.16. The molecule has 0 spiro atoms. The molecule has 0 aliphatic rings. The van der Waals surface area contributed by atoms with Gasteiger partial charge in [-0.3, -0.25) is 4.98 Å². The molecule has 0 radical (unpaired) electrons. The number of hydrogen-bond donors (Lipinski definition) is 1. The fourth-order valence-corrected chi connectivity index (χ4v) is 2.79. The van der Waals surface area contributed by atoms with E-state index in [4.69, 9.17) is 9.47 Å². The summed E-state index contributed by atoms with van der Waals surface area (Å²) in [6.45, 7) is 3.17. The van der Waals surface area contributed by atoms with Gasteiger partial charge in [0, 0.05) is 37.6 Å². The first-order valence-corrected chi connectivity index (χ1v) is 8.63. The lowest BCUT2D eigenvalue weighted by molar-refractivity contribution is 0.282. The van der Waals surface area contributed by atoms with Crippen molar-refractivity contribution in [2.45, 2.75) is 13.2 Å². The molecule has 1 aromatic carbocycles. The number of aromatic nitrogens is 1. The van der Waals surface area contributed by atoms with Crippen LogP contribution in [-0.2, 0) is 13.2 Å². The van der Waals surface area contributed by atoms with Crippen LogP contribution >= 0.6 is 40.7 Å². The van der Waals surface area contributed by atoms with Gasteiger partial charge in [0.25, 0.3) is 0 Å². The summed E-state index contributed by atoms with van der Waals surface area (Å²) in [5, 5.41) is 3.42. The van der Waals surface area contributed by atoms with Crippen molar-refractivity contribution in [2.75, 3.05) is 34.3 Å². The number of pyridine rings is 1. The summed E-state index contributed by atoms with van der Waals surface area (Å²) < 4.78 is 12.3. The van der Waals surface area contributed by atoms with E-state index in [0.717, 1.165) is 41.0 Å². The molecule has 146 valence electrons. The van der Waals surface area contributed by atoms with E-state index < -0.39 is 0 Å². The Morgan fingerprint density at radius 2 is 1.96 bits per heavy atom. The first-order valence-electron chi connectivity index (χ1n) is 7.83. The molecule has 0 unspecified atom stereocenters. The van der Waals surface area contributed by atoms with Crippen LogP contribution in [0.2, 0.25) is 0 Å². The van der Waals surface area contributed by atoms with Gasteiger partial charge in [-0.05, 0) is 53.8 Å². The Hall–Kier alpha value is -1.05. The topological polar surface area (TPSA) is 46.6 Å². The highest BCUT2D eigenvalue weighted by Gasteiger charge is 2.12. The van der Waals surface area contributed by atoms with Crippen LogP contribution in [0.1, 0.15) is 11.1 Å². The van der Waals surface area contributed by atoms with Crippen LogP contribution in [0.25, 0.3) is 0 Å². The minimum Gasteiger partial charge on any atom is -0.493 e. The molecule has 1 N–H and O–H groups in total. The molecule has 0 saturated carbocycles. The molecular weight excluding hydrogens is 441 g/mol. The van der Waals surface area contributed by atoms with Crippen LogP contribution in [0.3, 0.4) is 0 Å². The molecule has 0 saturated heterocycles. The molecule has 0 amide bonds. The average molecular weight is 467 g/mol. The summed E-state index contributed by atoms with van der Waals surface area (Å²) >= 11 is 3.59. The Kier molecular flexibility index (Phi) is 12.6. The first-order chi connectivity index (χ1) is 11.6. The van der Waals surface area contributed by atoms with Crippen molar-refractivity contribution in [3.8, 4) is 11.5 Å². The van der Waals surface area contributed by atoms with Crippen molar-refractivity contribution < 1.29 is 9.47 Å². The van der Waals surface area contributed by atoms with E-state index in [9.17, 15) is 0 Å². The van der Waals surface area contributed by atoms with Gasteiger partial charge < -0.3 is 19.7 Å². The number of nitrogens with one attached hydrogen (secondary N) is 1. The van der Waals surface area contributed by atoms with E-state index in [0.29, 0.717) is 12.4 Å². The SMILES string of the molecule is COc1cc(CNCCN(C)C)cc(Br)c1OCc1cccnc1.Cl.Cl. The maximum atomic E-state index is 5.92. The molecule has 0 bridgehead atoms. The average Bonchev–Trinajstić information content (AvgIpc) is 2.58. The zero-order valence-corrected chi connectivity index (χ0v) is 18.4. The number of hydrogen-bond acceptors (Lipinski definition) is 5. The molecule has 0 aliphatic heterocycles. The normalized spacial score (nSPS) is 10.0. The molecular formula is C18H26BrCl2N3O2. The lowest BCUT2D eigenvalue weighted by atomic mass is 10.2. The van der Waals surface area contributed by atoms with Crippen LogP contribution in [0.15, 0.2) is 41.1 Å². The Bertz CT molecular complexity index is 646. The van der Waals surface area contributed by atoms with Crippen molar-refractivity contribution in [1.82, 2.24) is 15.2 Å². The first kappa shape index (κ1) is 24.9. The zero-order chi connectivity index (χ0) is 17.4. The van der Waals surface area contributed by atoms with Gasteiger partial charge in [-0.15, -0.1) is 24.8 Å². The monoisotopic (exact) mass is 465 g/mol. The second-order valence-corrected chi connectivity index (χ2v) is 6.59. The molecule has 2 rings (SSSR count). The van der Waals surface area contributed by atoms with E-state index in [2.05, 4.69) is 51.3 Å². The van der Waals surface area contributed by atoms with Crippen LogP contribution in [-0.4, -0.2) is 44.2 Å². The van der Waals surface area contributed by atoms with Gasteiger partial charge in [0.2, 0.25) is 0 Å². The minimum atomic E-state index is 0. The molecule has 0 fully saturated rings. The Morgan fingerprint density at radius 1 is 1.19 bits per heavy atom. The highest BCUT2D eigenvalue weighted by Crippen LogP contribution is 2.37. The second-order valence-electron chi connectivity index (χ2n) is 5.74. The number of rotatable bonds is 9. The van der Waals surface area contributed by atoms with Gasteiger partial charge in [-0.1, -0.05) is 6.07 Å². The maximum Gasteiger partial charge on any atom is 0.175 e. The lowest BCUT2D eigenvalue weighted by Gasteiger charge is -2.15. The van der Waals surface area contributed by atoms with Gasteiger partial charge in [-0.25, -0.2) is 0 Å². The van der Waals surface area contributed by atoms with Crippen molar-refractivity contribution in [1.29, 1.82) is 0 Å². The third-order valence-corrected chi connectivity index (χ3v) is 4.05. The van der Waals surface area contributed by atoms with Crippen LogP contribution in [0.5, 0.6) is 11.5 Å². The molecule has 0 aliphatic carbocycles. The third-order valence-electron chi connectivity index (χ3n) is 3.46. The number of benzene rings is 1. The highest BCUT2D eigenvalue weighted by molar-refractivity contribution is 9.10. The molecule has 1 aromatic heterocycles. The smallest absolute Gasteiger partial charge is 0.175 e. The van der Waals surface area contributed by atoms with Crippen LogP contribution < -0.4 is 14.8 Å². The van der Waals surface area contributed by atoms with Crippen LogP contribution in [0.4, 0.5) is 0 Å². The van der Waals surface area contributed by atoms with Gasteiger partial charge >= 0.3 is 0 Å². The summed E-state index contributed by atoms with van der Waals surface area (Å²) in [4.78, 5) is 6.25. The Labute approximate surface area is 176 Å². The maximum absolute atomic E-state index is 5.92. The number of likely N-dealkylation sites (N-methyl/N-ethyl adjacent to an activating group) is 1. The predicted molar refractivity (Wildman–Crippen MR) is 114 cm³/mol. The van der Waals surface area contributed by atoms with Gasteiger partial charge in [0.05, 0.1) is 11.6 Å². The molecule has 26 heavy (non-hydrogen) atoms. The number of nitrogens with zero attached hydrogens (tertiary/aromatic N) is 2. The fraction of sp³-hybridized carbons (Fsp3) is 0.389. The Morgan fingerprint density at radius 3 is 2.58 bits per heavy atom. The number of halogens is 3. The largest absolute Gasteiger partial charge is 0.493 e. The molecule has 2 aromatic rings. The zero-order valence-electron chi connectivity index (χ0n) is 15.2. The Balaban J connectivity index is 0.00000312. The van der Waals surface area contributed by atoms with Gasteiger partial charge in [-0.2, -0.15) is 0 Å². The molecule has 0 atom stereocenters. The lowest BCUT2D eigenvalue weighted by Crippen LogP contribution is -2.26. The van der Waals surface area contributed by atoms with Crippen molar-refractivity contribution >= 4 is 40.7 Å². The molecule has 1 heterocycles. The van der Waals surface area contributed by atoms with Crippen LogP contribution in [0, 0.1) is 0 Å². The molecule has 5 nitrogen and oxygen atoms in total. The van der Waals surface area contributed by atoms with Crippen molar-refractivity contribution in [3.63, 3.8) is 0 Å². The van der Waals surface area contributed by atoms with E-state index in [1.807, 2.05) is 18.2 Å². The van der Waals surface area contributed by atoms with E-state index >= 15 is 0 Å². The van der Waals surface area contributed by atoms with E-state index in [1.165, 1.54) is 0 Å². The summed E-state index contributed by atoms with van der Waals surface area (Å²) in [5.74, 6) is 1.43. The predicted octanol–water partition coefficient (Wildman–Crippen LogP) is 3.93. The second kappa shape index (κ2) is 13.2. The highest BCUT2D eigenvalue weighted by atomic mass is 79.9. The summed E-state index contributed by atoms with van der Waals surface area (Å²) in [6.07, 6.45) is 3.54. The quantitative estimate of drug-likeness (QED) is 0.567. The third kappa shape index (κ3) is 8.10. The standard InChI is InChI=1S/C18H24BrN3O2.2ClH/c1-22(2)8-7-21-12-15-9-16(19)18(17(10-15)23-3)24-13-14-5-4-6-20-11-14;;/h4-6,9-11,21H,7-8,12-13H2,1-3H3;2*1H. The van der Waals surface area contributed by atoms with Gasteiger partial charge in [0.1, 0.15) is 6.61 Å². The summed E-state index contributed by atoms with van der Waals surface area (Å²) in [6, 6.07) is 7.94. The number of methoxy groups -OCH3 is 1. The summed E-state index contributed by atoms with van der Waals surface area (Å²) in [7, 11) is 5.79. The van der Waals surface area contributed by atoms with E-state index in [1.54, 1.807) is 19.5 Å². The fourth-order valence-electron chi connectivity index (χ4n) is 2.19. The molecule has 8 heteroatoms.